The fraction of sp³-hybridized carbons (Fsp3) is 0.727. The van der Waals surface area contributed by atoms with Gasteiger partial charge in [-0.05, 0) is 44.7 Å². The molecule has 0 N–H and O–H groups in total. The van der Waals surface area contributed by atoms with E-state index in [4.69, 9.17) is 4.74 Å². The van der Waals surface area contributed by atoms with E-state index in [1.165, 1.54) is 19.3 Å². The monoisotopic (exact) mass is 494 g/mol. The number of carbonyl (C=O) groups is 1. The van der Waals surface area contributed by atoms with Crippen molar-refractivity contribution in [3.8, 4) is 0 Å². The number of rotatable bonds is 6. The molecule has 1 aliphatic heterocycles. The number of ether oxygens (including phenoxy) is 1. The first-order chi connectivity index (χ1) is 7.93. The first kappa shape index (κ1) is 16.2. The lowest BCUT2D eigenvalue weighted by Crippen LogP contribution is -2.31. The van der Waals surface area contributed by atoms with E-state index in [2.05, 4.69) is 70.6 Å². The van der Waals surface area contributed by atoms with Crippen molar-refractivity contribution in [2.75, 3.05) is 0 Å². The van der Waals surface area contributed by atoms with Gasteiger partial charge in [0, 0.05) is 5.57 Å². The second kappa shape index (κ2) is 7.06. The maximum absolute atomic E-state index is 11.6. The normalized spacial score (nSPS) is 24.7. The van der Waals surface area contributed by atoms with E-state index in [-0.39, 0.29) is 9.71 Å². The maximum atomic E-state index is 11.6. The Morgan fingerprint density at radius 3 is 2.47 bits per heavy atom. The quantitative estimate of drug-likeness (QED) is 0.280. The van der Waals surface area contributed by atoms with E-state index >= 15 is 0 Å². The fourth-order valence-corrected chi connectivity index (χ4v) is 3.82. The minimum absolute atomic E-state index is 0.150. The molecule has 6 heteroatoms. The SMILES string of the molecule is CCCCCCC1=C(Br)C(=O)OC1(Br)C(Br)Br. The molecule has 98 valence electrons. The molecule has 1 aliphatic rings. The first-order valence-electron chi connectivity index (χ1n) is 5.53. The zero-order valence-corrected chi connectivity index (χ0v) is 15.8. The summed E-state index contributed by atoms with van der Waals surface area (Å²) in [4.78, 5) is 11.6. The fourth-order valence-electron chi connectivity index (χ4n) is 1.70. The Morgan fingerprint density at radius 2 is 1.94 bits per heavy atom. The summed E-state index contributed by atoms with van der Waals surface area (Å²) in [7, 11) is 0. The van der Waals surface area contributed by atoms with E-state index in [0.717, 1.165) is 18.4 Å². The lowest BCUT2D eigenvalue weighted by molar-refractivity contribution is -0.139. The van der Waals surface area contributed by atoms with E-state index < -0.39 is 4.51 Å². The highest BCUT2D eigenvalue weighted by molar-refractivity contribution is 9.25. The molecule has 0 aliphatic carbocycles. The standard InChI is InChI=1S/C11H14Br4O2/c1-2-3-4-5-6-7-8(12)9(16)17-11(7,15)10(13)14/h10H,2-6H2,1H3. The third-order valence-electron chi connectivity index (χ3n) is 2.66. The molecule has 0 aromatic heterocycles. The van der Waals surface area contributed by atoms with Gasteiger partial charge in [-0.3, -0.25) is 0 Å². The second-order valence-corrected chi connectivity index (χ2v) is 8.97. The average molecular weight is 498 g/mol. The van der Waals surface area contributed by atoms with Gasteiger partial charge in [0.05, 0.1) is 0 Å². The van der Waals surface area contributed by atoms with Crippen LogP contribution in [-0.4, -0.2) is 14.2 Å². The highest BCUT2D eigenvalue weighted by Gasteiger charge is 2.48. The summed E-state index contributed by atoms with van der Waals surface area (Å²) in [5.74, 6) is -0.309. The van der Waals surface area contributed by atoms with Crippen LogP contribution in [0.1, 0.15) is 39.0 Å². The Kier molecular flexibility index (Phi) is 6.72. The molecule has 0 bridgehead atoms. The van der Waals surface area contributed by atoms with Crippen molar-refractivity contribution in [1.29, 1.82) is 0 Å². The van der Waals surface area contributed by atoms with E-state index in [1.54, 1.807) is 0 Å². The van der Waals surface area contributed by atoms with E-state index in [0.29, 0.717) is 4.48 Å². The number of carbonyl (C=O) groups excluding carboxylic acids is 1. The van der Waals surface area contributed by atoms with Crippen LogP contribution in [0.3, 0.4) is 0 Å². The second-order valence-electron chi connectivity index (χ2n) is 3.94. The zero-order valence-electron chi connectivity index (χ0n) is 9.44. The van der Waals surface area contributed by atoms with Gasteiger partial charge in [-0.2, -0.15) is 0 Å². The topological polar surface area (TPSA) is 26.3 Å². The molecule has 0 spiro atoms. The summed E-state index contributed by atoms with van der Waals surface area (Å²) in [6.45, 7) is 2.18. The van der Waals surface area contributed by atoms with Crippen molar-refractivity contribution in [2.45, 2.75) is 47.3 Å². The van der Waals surface area contributed by atoms with Gasteiger partial charge in [0.2, 0.25) is 4.51 Å². The van der Waals surface area contributed by atoms with Crippen molar-refractivity contribution < 1.29 is 9.53 Å². The Morgan fingerprint density at radius 1 is 1.29 bits per heavy atom. The summed E-state index contributed by atoms with van der Waals surface area (Å²) in [6.07, 6.45) is 5.52. The van der Waals surface area contributed by atoms with Gasteiger partial charge in [-0.15, -0.1) is 0 Å². The van der Waals surface area contributed by atoms with Crippen molar-refractivity contribution in [3.63, 3.8) is 0 Å². The lowest BCUT2D eigenvalue weighted by Gasteiger charge is -2.26. The first-order valence-corrected chi connectivity index (χ1v) is 8.94. The predicted octanol–water partition coefficient (Wildman–Crippen LogP) is 5.37. The molecule has 0 radical (unpaired) electrons. The number of hydrogen-bond acceptors (Lipinski definition) is 2. The molecule has 0 fully saturated rings. The van der Waals surface area contributed by atoms with Gasteiger partial charge in [0.25, 0.3) is 0 Å². The van der Waals surface area contributed by atoms with Crippen molar-refractivity contribution in [3.05, 3.63) is 10.1 Å². The molecule has 17 heavy (non-hydrogen) atoms. The van der Waals surface area contributed by atoms with Crippen LogP contribution >= 0.6 is 63.7 Å². The molecule has 1 rings (SSSR count). The molecule has 0 amide bonds. The van der Waals surface area contributed by atoms with Crippen LogP contribution in [0.25, 0.3) is 0 Å². The molecule has 0 aromatic carbocycles. The Bertz CT molecular complexity index is 327. The lowest BCUT2D eigenvalue weighted by atomic mass is 10.0. The zero-order chi connectivity index (χ0) is 13.1. The molecule has 1 unspecified atom stereocenters. The highest BCUT2D eigenvalue weighted by atomic mass is 79.9. The molecule has 1 atom stereocenters. The maximum Gasteiger partial charge on any atom is 0.347 e. The summed E-state index contributed by atoms with van der Waals surface area (Å²) >= 11 is 13.6. The van der Waals surface area contributed by atoms with Crippen molar-refractivity contribution in [1.82, 2.24) is 0 Å². The molecule has 0 aromatic rings. The van der Waals surface area contributed by atoms with Gasteiger partial charge in [-0.25, -0.2) is 4.79 Å². The van der Waals surface area contributed by atoms with Gasteiger partial charge >= 0.3 is 5.97 Å². The third kappa shape index (κ3) is 3.80. The van der Waals surface area contributed by atoms with Gasteiger partial charge in [0.1, 0.15) is 8.22 Å². The smallest absolute Gasteiger partial charge is 0.347 e. The number of unbranched alkanes of at least 4 members (excludes halogenated alkanes) is 3. The summed E-state index contributed by atoms with van der Waals surface area (Å²) in [6, 6.07) is 0. The van der Waals surface area contributed by atoms with Crippen LogP contribution < -0.4 is 0 Å². The summed E-state index contributed by atoms with van der Waals surface area (Å²) in [5.41, 5.74) is 0.970. The van der Waals surface area contributed by atoms with Crippen molar-refractivity contribution >= 4 is 69.7 Å². The Balaban J connectivity index is 2.73. The van der Waals surface area contributed by atoms with Gasteiger partial charge in [-0.1, -0.05) is 58.0 Å². The van der Waals surface area contributed by atoms with Crippen LogP contribution in [-0.2, 0) is 9.53 Å². The van der Waals surface area contributed by atoms with Crippen LogP contribution in [0.15, 0.2) is 10.1 Å². The number of esters is 1. The summed E-state index contributed by atoms with van der Waals surface area (Å²) in [5, 5.41) is 0. The average Bonchev–Trinajstić information content (AvgIpc) is 2.48. The van der Waals surface area contributed by atoms with Gasteiger partial charge < -0.3 is 4.74 Å². The molecular formula is C11H14Br4O2. The van der Waals surface area contributed by atoms with E-state index in [1.807, 2.05) is 0 Å². The summed E-state index contributed by atoms with van der Waals surface area (Å²) < 4.78 is 4.99. The minimum Gasteiger partial charge on any atom is -0.437 e. The number of hydrogen-bond donors (Lipinski definition) is 0. The highest BCUT2D eigenvalue weighted by Crippen LogP contribution is 2.49. The van der Waals surface area contributed by atoms with Crippen LogP contribution in [0.5, 0.6) is 0 Å². The molecule has 1 heterocycles. The number of alkyl halides is 3. The minimum atomic E-state index is -0.769. The predicted molar refractivity (Wildman–Crippen MR) is 84.1 cm³/mol. The van der Waals surface area contributed by atoms with Crippen LogP contribution in [0.4, 0.5) is 0 Å². The van der Waals surface area contributed by atoms with Crippen molar-refractivity contribution in [2.24, 2.45) is 0 Å². The molecule has 0 saturated heterocycles. The van der Waals surface area contributed by atoms with E-state index in [9.17, 15) is 4.79 Å². The van der Waals surface area contributed by atoms with Crippen LogP contribution in [0, 0.1) is 0 Å². The Hall–Kier alpha value is 1.13. The molecule has 0 saturated carbocycles. The number of halogens is 4. The molecule has 2 nitrogen and oxygen atoms in total. The number of cyclic esters (lactones) is 1. The Labute approximate surface area is 135 Å². The third-order valence-corrected chi connectivity index (χ3v) is 7.08. The molecular weight excluding hydrogens is 484 g/mol. The largest absolute Gasteiger partial charge is 0.437 e. The van der Waals surface area contributed by atoms with Crippen LogP contribution in [0.2, 0.25) is 0 Å². The van der Waals surface area contributed by atoms with Gasteiger partial charge in [0.15, 0.2) is 0 Å².